The molecule has 0 fully saturated rings. The smallest absolute Gasteiger partial charge is 1.00 e. The predicted molar refractivity (Wildman–Crippen MR) is 56.3 cm³/mol. The van der Waals surface area contributed by atoms with Gasteiger partial charge in [-0.15, -0.1) is 5.92 Å². The van der Waals surface area contributed by atoms with Gasteiger partial charge in [-0.2, -0.15) is 8.42 Å². The van der Waals surface area contributed by atoms with Gasteiger partial charge in [-0.25, -0.2) is 0 Å². The van der Waals surface area contributed by atoms with Crippen LogP contribution >= 0.6 is 0 Å². The van der Waals surface area contributed by atoms with Crippen molar-refractivity contribution < 1.29 is 48.7 Å². The maximum absolute atomic E-state index is 10.7. The molecule has 1 N–H and O–H groups in total. The van der Waals surface area contributed by atoms with E-state index < -0.39 is 10.1 Å². The first-order chi connectivity index (χ1) is 7.04. The third-order valence-electron chi connectivity index (χ3n) is 1.61. The van der Waals surface area contributed by atoms with Gasteiger partial charge < -0.3 is 6.16 Å². The Morgan fingerprint density at radius 3 is 2.38 bits per heavy atom. The summed E-state index contributed by atoms with van der Waals surface area (Å²) >= 11 is 0. The molecular weight excluding hydrogens is 239 g/mol. The Morgan fingerprint density at radius 1 is 1.38 bits per heavy atom. The molecule has 0 unspecified atom stereocenters. The molecule has 0 amide bonds. The van der Waals surface area contributed by atoms with Crippen LogP contribution in [-0.2, 0) is 10.1 Å². The zero-order valence-electron chi connectivity index (χ0n) is 10.1. The van der Waals surface area contributed by atoms with E-state index in [4.69, 9.17) is 9.29 Å². The molecule has 0 aliphatic heterocycles. The topological polar surface area (TPSA) is 63.6 Å². The van der Waals surface area contributed by atoms with Crippen LogP contribution in [0, 0.1) is 11.8 Å². The Kier molecular flexibility index (Phi) is 6.72. The number of benzene rings is 1. The summed E-state index contributed by atoms with van der Waals surface area (Å²) < 4.78 is 35.3. The van der Waals surface area contributed by atoms with Gasteiger partial charge in [0.15, 0.2) is 0 Å². The predicted octanol–water partition coefficient (Wildman–Crippen LogP) is -1.55. The van der Waals surface area contributed by atoms with Crippen molar-refractivity contribution in [3.63, 3.8) is 0 Å². The number of rotatable bonds is 3. The second kappa shape index (κ2) is 6.94. The van der Waals surface area contributed by atoms with Gasteiger partial charge >= 0.3 is 29.6 Å². The van der Waals surface area contributed by atoms with Gasteiger partial charge in [0.05, 0.1) is 4.90 Å². The Hall–Kier alpha value is -0.510. The zero-order valence-corrected chi connectivity index (χ0v) is 11.9. The van der Waals surface area contributed by atoms with E-state index in [1.165, 1.54) is 24.3 Å². The van der Waals surface area contributed by atoms with Crippen molar-refractivity contribution in [3.8, 4) is 17.6 Å². The van der Waals surface area contributed by atoms with Crippen LogP contribution in [0.25, 0.3) is 0 Å². The Bertz CT molecular complexity index is 487. The first-order valence-corrected chi connectivity index (χ1v) is 5.58. The fourth-order valence-electron chi connectivity index (χ4n) is 0.899. The number of hydrogen-bond donors (Lipinski definition) is 1. The van der Waals surface area contributed by atoms with Gasteiger partial charge in [0.1, 0.15) is 12.4 Å². The SMILES string of the molecule is CC#CCOc1ccc(S(=O)(=O)O)cc1.[H-].[Na+]. The molecule has 0 saturated carbocycles. The summed E-state index contributed by atoms with van der Waals surface area (Å²) in [5.74, 6) is 5.87. The molecule has 1 aromatic carbocycles. The molecule has 0 radical (unpaired) electrons. The minimum absolute atomic E-state index is 0. The summed E-state index contributed by atoms with van der Waals surface area (Å²) in [4.78, 5) is -0.156. The van der Waals surface area contributed by atoms with Gasteiger partial charge in [-0.3, -0.25) is 4.55 Å². The molecule has 0 atom stereocenters. The molecule has 0 aliphatic carbocycles. The molecular formula is C10H11NaO4S. The Morgan fingerprint density at radius 2 is 1.94 bits per heavy atom. The standard InChI is InChI=1S/C10H10O4S.Na.H/c1-2-3-8-14-9-4-6-10(7-5-9)15(11,12)13;;/h4-7H,8H2,1H3,(H,11,12,13);;/q;+1;-1. The van der Waals surface area contributed by atoms with Crippen molar-refractivity contribution in [2.45, 2.75) is 11.8 Å². The fourth-order valence-corrected chi connectivity index (χ4v) is 1.38. The van der Waals surface area contributed by atoms with Crippen molar-refractivity contribution in [2.75, 3.05) is 6.61 Å². The Balaban J connectivity index is 0. The molecule has 0 heterocycles. The second-order valence-corrected chi connectivity index (χ2v) is 4.08. The maximum atomic E-state index is 10.7. The average Bonchev–Trinajstić information content (AvgIpc) is 2.18. The van der Waals surface area contributed by atoms with Crippen molar-refractivity contribution >= 4 is 10.1 Å². The van der Waals surface area contributed by atoms with E-state index in [0.29, 0.717) is 5.75 Å². The van der Waals surface area contributed by atoms with Gasteiger partial charge in [0, 0.05) is 0 Å². The first kappa shape index (κ1) is 15.5. The van der Waals surface area contributed by atoms with Gasteiger partial charge in [0.25, 0.3) is 10.1 Å². The zero-order chi connectivity index (χ0) is 11.3. The summed E-state index contributed by atoms with van der Waals surface area (Å²) in [6.45, 7) is 1.95. The number of ether oxygens (including phenoxy) is 1. The normalized spacial score (nSPS) is 9.62. The molecule has 0 aromatic heterocycles. The first-order valence-electron chi connectivity index (χ1n) is 4.14. The number of hydrogen-bond acceptors (Lipinski definition) is 3. The molecule has 0 saturated heterocycles. The van der Waals surface area contributed by atoms with Crippen LogP contribution in [0.3, 0.4) is 0 Å². The van der Waals surface area contributed by atoms with Crippen LogP contribution < -0.4 is 34.3 Å². The molecule has 0 spiro atoms. The third-order valence-corrected chi connectivity index (χ3v) is 2.48. The Labute approximate surface area is 119 Å². The van der Waals surface area contributed by atoms with E-state index in [0.717, 1.165) is 0 Å². The van der Waals surface area contributed by atoms with Crippen molar-refractivity contribution in [3.05, 3.63) is 24.3 Å². The third kappa shape index (κ3) is 5.01. The monoisotopic (exact) mass is 250 g/mol. The van der Waals surface area contributed by atoms with E-state index in [-0.39, 0.29) is 42.5 Å². The minimum Gasteiger partial charge on any atom is -1.00 e. The second-order valence-electron chi connectivity index (χ2n) is 2.66. The van der Waals surface area contributed by atoms with Crippen LogP contribution in [0.5, 0.6) is 5.75 Å². The van der Waals surface area contributed by atoms with Crippen molar-refractivity contribution in [2.24, 2.45) is 0 Å². The van der Waals surface area contributed by atoms with Crippen LogP contribution in [0.4, 0.5) is 0 Å². The van der Waals surface area contributed by atoms with Crippen LogP contribution in [0.15, 0.2) is 29.2 Å². The molecule has 0 bridgehead atoms. The molecule has 1 aromatic rings. The molecule has 82 valence electrons. The van der Waals surface area contributed by atoms with E-state index in [9.17, 15) is 8.42 Å². The minimum atomic E-state index is -4.13. The molecule has 4 nitrogen and oxygen atoms in total. The van der Waals surface area contributed by atoms with Gasteiger partial charge in [-0.1, -0.05) is 5.92 Å². The van der Waals surface area contributed by atoms with Gasteiger partial charge in [-0.05, 0) is 31.2 Å². The summed E-state index contributed by atoms with van der Waals surface area (Å²) in [6.07, 6.45) is 0. The van der Waals surface area contributed by atoms with Crippen LogP contribution in [0.1, 0.15) is 8.35 Å². The van der Waals surface area contributed by atoms with Crippen LogP contribution in [-0.4, -0.2) is 19.6 Å². The largest absolute Gasteiger partial charge is 1.00 e. The van der Waals surface area contributed by atoms with E-state index in [1.807, 2.05) is 0 Å². The molecule has 6 heteroatoms. The summed E-state index contributed by atoms with van der Waals surface area (Å²) in [7, 11) is -4.13. The molecule has 1 rings (SSSR count). The fraction of sp³-hybridized carbons (Fsp3) is 0.200. The van der Waals surface area contributed by atoms with E-state index in [2.05, 4.69) is 11.8 Å². The van der Waals surface area contributed by atoms with E-state index in [1.54, 1.807) is 6.92 Å². The molecule has 0 aliphatic rings. The maximum Gasteiger partial charge on any atom is 1.00 e. The quantitative estimate of drug-likeness (QED) is 0.401. The summed E-state index contributed by atoms with van der Waals surface area (Å²) in [5.41, 5.74) is 0. The summed E-state index contributed by atoms with van der Waals surface area (Å²) in [6, 6.07) is 5.45. The summed E-state index contributed by atoms with van der Waals surface area (Å²) in [5, 5.41) is 0. The van der Waals surface area contributed by atoms with Crippen molar-refractivity contribution in [1.29, 1.82) is 0 Å². The van der Waals surface area contributed by atoms with Crippen molar-refractivity contribution in [1.82, 2.24) is 0 Å². The van der Waals surface area contributed by atoms with E-state index >= 15 is 0 Å². The van der Waals surface area contributed by atoms with Gasteiger partial charge in [0.2, 0.25) is 0 Å². The van der Waals surface area contributed by atoms with Crippen LogP contribution in [0.2, 0.25) is 0 Å². The average molecular weight is 250 g/mol. The molecule has 16 heavy (non-hydrogen) atoms.